The summed E-state index contributed by atoms with van der Waals surface area (Å²) in [6.45, 7) is 9.51. The molecule has 0 fully saturated rings. The van der Waals surface area contributed by atoms with Gasteiger partial charge in [-0.15, -0.1) is 0 Å². The van der Waals surface area contributed by atoms with Crippen molar-refractivity contribution in [3.8, 4) is 55.9 Å². The van der Waals surface area contributed by atoms with E-state index in [9.17, 15) is 0 Å². The summed E-state index contributed by atoms with van der Waals surface area (Å²) in [7, 11) is 0. The molecule has 0 saturated heterocycles. The van der Waals surface area contributed by atoms with E-state index in [1.54, 1.807) is 0 Å². The van der Waals surface area contributed by atoms with Crippen molar-refractivity contribution < 1.29 is 0 Å². The van der Waals surface area contributed by atoms with E-state index in [4.69, 9.17) is 0 Å². The van der Waals surface area contributed by atoms with Crippen molar-refractivity contribution in [3.05, 3.63) is 362 Å². The molecule has 2 aliphatic rings. The van der Waals surface area contributed by atoms with Crippen LogP contribution < -0.4 is 9.80 Å². The van der Waals surface area contributed by atoms with Gasteiger partial charge in [0.25, 0.3) is 0 Å². The van der Waals surface area contributed by atoms with Crippen molar-refractivity contribution in [2.75, 3.05) is 9.80 Å². The van der Waals surface area contributed by atoms with Crippen molar-refractivity contribution >= 4 is 110 Å². The smallest absolute Gasteiger partial charge is 0.0561 e. The highest BCUT2D eigenvalue weighted by Gasteiger charge is 2.38. The lowest BCUT2D eigenvalue weighted by molar-refractivity contribution is 0.660. The highest BCUT2D eigenvalue weighted by Crippen LogP contribution is 2.54. The van der Waals surface area contributed by atoms with Crippen LogP contribution >= 0.6 is 0 Å². The molecular weight excluding hydrogens is 1210 g/mol. The van der Waals surface area contributed by atoms with E-state index in [0.29, 0.717) is 0 Å². The van der Waals surface area contributed by atoms with E-state index in [0.717, 1.165) is 73.0 Å². The standard InChI is InChI=1S/C96H68N4/c1-95(2)87-35-17-15-33-79(87)81-45-41-75(57-89(81)95)97(71-31-19-29-67(49-71)61-21-7-5-8-22-61)77-43-47-83-85-53-69-54-86-84-48-44-78(98(72-32-20-30-68(50-72)62-23-9-6-10-24-62)76-42-46-82-80-34-16-18-36-88(80)96(3,4)90(82)58-76)60-94(84)100(74-40-38-64-26-12-14-28-66(64)52-74)92(86)56-70(69)55-91(85)99(93(83)59-77)73-39-37-63-25-11-13-27-65(63)51-73/h5-60H,1-4H3. The maximum absolute atomic E-state index is 2.52. The number of anilines is 6. The molecule has 4 heteroatoms. The lowest BCUT2D eigenvalue weighted by atomic mass is 9.82. The first-order chi connectivity index (χ1) is 49.1. The van der Waals surface area contributed by atoms with Crippen LogP contribution in [0.5, 0.6) is 0 Å². The topological polar surface area (TPSA) is 16.3 Å². The third-order valence-corrected chi connectivity index (χ3v) is 22.1. The highest BCUT2D eigenvalue weighted by atomic mass is 15.2. The molecule has 18 aromatic rings. The molecule has 0 amide bonds. The van der Waals surface area contributed by atoms with Gasteiger partial charge in [0.15, 0.2) is 0 Å². The second-order valence-corrected chi connectivity index (χ2v) is 28.5. The second kappa shape index (κ2) is 22.0. The van der Waals surface area contributed by atoms with Crippen LogP contribution in [0.25, 0.3) is 132 Å². The maximum Gasteiger partial charge on any atom is 0.0561 e. The number of hydrogen-bond donors (Lipinski definition) is 0. The highest BCUT2D eigenvalue weighted by molar-refractivity contribution is 6.19. The predicted molar refractivity (Wildman–Crippen MR) is 423 cm³/mol. The van der Waals surface area contributed by atoms with Gasteiger partial charge in [-0.2, -0.15) is 0 Å². The van der Waals surface area contributed by atoms with Gasteiger partial charge in [0, 0.05) is 77.9 Å². The molecule has 0 aliphatic heterocycles. The first-order valence-corrected chi connectivity index (χ1v) is 34.9. The van der Waals surface area contributed by atoms with E-state index >= 15 is 0 Å². The normalized spacial score (nSPS) is 13.4. The lowest BCUT2D eigenvalue weighted by Crippen LogP contribution is -2.16. The Bertz CT molecular complexity index is 6040. The zero-order chi connectivity index (χ0) is 66.5. The van der Waals surface area contributed by atoms with Crippen molar-refractivity contribution in [3.63, 3.8) is 0 Å². The van der Waals surface area contributed by atoms with Crippen molar-refractivity contribution in [2.45, 2.75) is 38.5 Å². The quantitative estimate of drug-likeness (QED) is 0.136. The average Bonchev–Trinajstić information content (AvgIpc) is 1.57. The van der Waals surface area contributed by atoms with Crippen LogP contribution in [0, 0.1) is 0 Å². The summed E-state index contributed by atoms with van der Waals surface area (Å²) < 4.78 is 5.05. The van der Waals surface area contributed by atoms with Gasteiger partial charge < -0.3 is 18.9 Å². The number of nitrogens with zero attached hydrogens (tertiary/aromatic N) is 4. The molecule has 0 N–H and O–H groups in total. The fourth-order valence-electron chi connectivity index (χ4n) is 17.2. The molecule has 0 spiro atoms. The molecule has 472 valence electrons. The first kappa shape index (κ1) is 57.7. The molecule has 2 heterocycles. The summed E-state index contributed by atoms with van der Waals surface area (Å²) in [5.41, 5.74) is 28.3. The predicted octanol–water partition coefficient (Wildman–Crippen LogP) is 26.2. The first-order valence-electron chi connectivity index (χ1n) is 34.9. The van der Waals surface area contributed by atoms with Crippen molar-refractivity contribution in [1.29, 1.82) is 0 Å². The fraction of sp³-hybridized carbons (Fsp3) is 0.0625. The fourth-order valence-corrected chi connectivity index (χ4v) is 17.2. The van der Waals surface area contributed by atoms with E-state index in [-0.39, 0.29) is 10.8 Å². The van der Waals surface area contributed by atoms with Crippen LogP contribution in [-0.2, 0) is 10.8 Å². The molecule has 0 atom stereocenters. The number of fused-ring (bicyclic) bond motifs is 15. The molecule has 0 unspecified atom stereocenters. The van der Waals surface area contributed by atoms with Gasteiger partial charge >= 0.3 is 0 Å². The monoisotopic (exact) mass is 1280 g/mol. The van der Waals surface area contributed by atoms with Gasteiger partial charge in [-0.1, -0.05) is 246 Å². The van der Waals surface area contributed by atoms with Crippen LogP contribution in [0.2, 0.25) is 0 Å². The van der Waals surface area contributed by atoms with Gasteiger partial charge in [0.05, 0.1) is 22.1 Å². The Balaban J connectivity index is 0.810. The molecule has 4 nitrogen and oxygen atoms in total. The number of hydrogen-bond acceptors (Lipinski definition) is 2. The third-order valence-electron chi connectivity index (χ3n) is 22.1. The minimum Gasteiger partial charge on any atom is -0.310 e. The Kier molecular flexibility index (Phi) is 12.7. The van der Waals surface area contributed by atoms with Gasteiger partial charge in [-0.3, -0.25) is 0 Å². The Labute approximate surface area is 581 Å². The van der Waals surface area contributed by atoms with Crippen molar-refractivity contribution in [2.24, 2.45) is 0 Å². The van der Waals surface area contributed by atoms with Gasteiger partial charge in [-0.25, -0.2) is 0 Å². The molecule has 2 aromatic heterocycles. The molecule has 0 bridgehead atoms. The molecular formula is C96H68N4. The number of rotatable bonds is 10. The summed E-state index contributed by atoms with van der Waals surface area (Å²) in [4.78, 5) is 4.96. The summed E-state index contributed by atoms with van der Waals surface area (Å²) >= 11 is 0. The average molecular weight is 1280 g/mol. The Morgan fingerprint density at radius 3 is 1.02 bits per heavy atom. The SMILES string of the molecule is CC1(C)c2ccccc2-c2ccc(N(c3cccc(-c4ccccc4)c3)c3ccc4c5cc6cc7c8ccc(N(c9cccc(-c%10ccccc%10)c9)c9ccc%10c(c9)C(C)(C)c9ccccc9-%10)cc8n(-c8ccc9ccccc9c8)c7cc6cc5n(-c5ccc6ccccc6c5)c4c3)cc21. The summed E-state index contributed by atoms with van der Waals surface area (Å²) in [5.74, 6) is 0. The third kappa shape index (κ3) is 8.93. The molecule has 2 aliphatic carbocycles. The zero-order valence-electron chi connectivity index (χ0n) is 56.1. The molecule has 16 aromatic carbocycles. The van der Waals surface area contributed by atoms with E-state index in [1.165, 1.54) is 115 Å². The summed E-state index contributed by atoms with van der Waals surface area (Å²) in [6, 6.07) is 127. The molecule has 20 rings (SSSR count). The zero-order valence-corrected chi connectivity index (χ0v) is 56.1. The van der Waals surface area contributed by atoms with Gasteiger partial charge in [-0.05, 0) is 220 Å². The van der Waals surface area contributed by atoms with Crippen LogP contribution in [0.15, 0.2) is 340 Å². The largest absolute Gasteiger partial charge is 0.310 e. The second-order valence-electron chi connectivity index (χ2n) is 28.5. The van der Waals surface area contributed by atoms with E-state index < -0.39 is 0 Å². The van der Waals surface area contributed by atoms with Gasteiger partial charge in [0.1, 0.15) is 0 Å². The maximum atomic E-state index is 2.52. The van der Waals surface area contributed by atoms with Crippen LogP contribution in [0.1, 0.15) is 49.9 Å². The molecule has 0 radical (unpaired) electrons. The number of benzene rings is 16. The van der Waals surface area contributed by atoms with Crippen LogP contribution in [0.4, 0.5) is 34.1 Å². The summed E-state index contributed by atoms with van der Waals surface area (Å²) in [5, 5.41) is 11.9. The van der Waals surface area contributed by atoms with E-state index in [1.807, 2.05) is 0 Å². The van der Waals surface area contributed by atoms with E-state index in [2.05, 4.69) is 386 Å². The lowest BCUT2D eigenvalue weighted by Gasteiger charge is -2.28. The molecule has 0 saturated carbocycles. The van der Waals surface area contributed by atoms with Gasteiger partial charge in [0.2, 0.25) is 0 Å². The summed E-state index contributed by atoms with van der Waals surface area (Å²) in [6.07, 6.45) is 0. The molecule has 100 heavy (non-hydrogen) atoms. The number of aromatic nitrogens is 2. The minimum absolute atomic E-state index is 0.183. The Morgan fingerprint density at radius 2 is 0.560 bits per heavy atom. The van der Waals surface area contributed by atoms with Crippen LogP contribution in [-0.4, -0.2) is 9.13 Å². The van der Waals surface area contributed by atoms with Crippen LogP contribution in [0.3, 0.4) is 0 Å². The minimum atomic E-state index is -0.183. The Hall–Kier alpha value is -12.5. The Morgan fingerprint density at radius 1 is 0.210 bits per heavy atom. The van der Waals surface area contributed by atoms with Crippen molar-refractivity contribution in [1.82, 2.24) is 9.13 Å².